The molecule has 3 aromatic carbocycles. The minimum atomic E-state index is -0.352. The topological polar surface area (TPSA) is 78.0 Å². The Kier molecular flexibility index (Phi) is 4.93. The molecule has 0 aromatic heterocycles. The van der Waals surface area contributed by atoms with Crippen molar-refractivity contribution in [2.24, 2.45) is 0 Å². The first-order valence-electron chi connectivity index (χ1n) is 10.6. The Balaban J connectivity index is 1.29. The molecular weight excluding hydrogens is 406 g/mol. The number of imide groups is 2. The molecule has 0 N–H and O–H groups in total. The summed E-state index contributed by atoms with van der Waals surface area (Å²) in [5, 5.41) is 4.40. The first-order valence-corrected chi connectivity index (χ1v) is 10.6. The summed E-state index contributed by atoms with van der Waals surface area (Å²) in [5.41, 5.74) is 1.76. The maximum atomic E-state index is 13.0. The first kappa shape index (κ1) is 19.9. The number of amides is 4. The van der Waals surface area contributed by atoms with Gasteiger partial charge >= 0.3 is 0 Å². The molecule has 0 atom stereocenters. The van der Waals surface area contributed by atoms with Crippen LogP contribution in [-0.4, -0.2) is 46.6 Å². The van der Waals surface area contributed by atoms with Crippen LogP contribution in [0.4, 0.5) is 5.69 Å². The molecule has 0 radical (unpaired) electrons. The van der Waals surface area contributed by atoms with Gasteiger partial charge in [0.2, 0.25) is 11.8 Å². The number of rotatable bonds is 5. The predicted molar refractivity (Wildman–Crippen MR) is 119 cm³/mol. The third-order valence-corrected chi connectivity index (χ3v) is 5.93. The molecule has 32 heavy (non-hydrogen) atoms. The molecule has 2 aliphatic rings. The van der Waals surface area contributed by atoms with Crippen molar-refractivity contribution in [1.29, 1.82) is 0 Å². The van der Waals surface area contributed by atoms with Crippen LogP contribution in [0.3, 0.4) is 0 Å². The Hall–Kier alpha value is -4.00. The zero-order chi connectivity index (χ0) is 22.2. The molecule has 160 valence electrons. The number of hydrogen-bond acceptors (Lipinski definition) is 5. The monoisotopic (exact) mass is 427 g/mol. The fraction of sp³-hybridized carbons (Fsp3) is 0.200. The molecule has 1 saturated heterocycles. The van der Waals surface area contributed by atoms with Crippen LogP contribution in [0.1, 0.15) is 40.0 Å². The molecule has 7 heteroatoms. The summed E-state index contributed by atoms with van der Waals surface area (Å²) in [7, 11) is 0. The minimum Gasteiger partial charge on any atom is -0.275 e. The maximum Gasteiger partial charge on any atom is 0.261 e. The SMILES string of the molecule is O=C1c2cccc3cccc(c23)C(=O)N1CCCC(=O)N1C(=O)CCN1c1ccccc1. The van der Waals surface area contributed by atoms with E-state index in [2.05, 4.69) is 0 Å². The number of hydrazine groups is 1. The van der Waals surface area contributed by atoms with E-state index in [1.807, 2.05) is 42.5 Å². The molecule has 0 aliphatic carbocycles. The zero-order valence-electron chi connectivity index (χ0n) is 17.4. The molecule has 4 amide bonds. The van der Waals surface area contributed by atoms with Gasteiger partial charge in [0.25, 0.3) is 11.8 Å². The van der Waals surface area contributed by atoms with Gasteiger partial charge in [0.15, 0.2) is 0 Å². The minimum absolute atomic E-state index is 0.0536. The van der Waals surface area contributed by atoms with Crippen molar-refractivity contribution < 1.29 is 19.2 Å². The predicted octanol–water partition coefficient (Wildman–Crippen LogP) is 3.40. The lowest BCUT2D eigenvalue weighted by Crippen LogP contribution is -2.44. The fourth-order valence-corrected chi connectivity index (χ4v) is 4.44. The van der Waals surface area contributed by atoms with Gasteiger partial charge in [0, 0.05) is 42.4 Å². The highest BCUT2D eigenvalue weighted by Crippen LogP contribution is 2.30. The Morgan fingerprint density at radius 1 is 0.812 bits per heavy atom. The largest absolute Gasteiger partial charge is 0.275 e. The maximum absolute atomic E-state index is 13.0. The van der Waals surface area contributed by atoms with Crippen LogP contribution in [0.2, 0.25) is 0 Å². The molecule has 2 heterocycles. The van der Waals surface area contributed by atoms with E-state index in [9.17, 15) is 19.2 Å². The lowest BCUT2D eigenvalue weighted by atomic mass is 9.94. The Labute approximate surface area is 184 Å². The fourth-order valence-electron chi connectivity index (χ4n) is 4.44. The van der Waals surface area contributed by atoms with Gasteiger partial charge in [-0.15, -0.1) is 0 Å². The van der Waals surface area contributed by atoms with Crippen molar-refractivity contribution in [1.82, 2.24) is 9.91 Å². The molecule has 0 unspecified atom stereocenters. The third kappa shape index (κ3) is 3.22. The van der Waals surface area contributed by atoms with Crippen LogP contribution in [0.5, 0.6) is 0 Å². The van der Waals surface area contributed by atoms with E-state index in [4.69, 9.17) is 0 Å². The average Bonchev–Trinajstić information content (AvgIpc) is 3.21. The van der Waals surface area contributed by atoms with Crippen LogP contribution in [-0.2, 0) is 9.59 Å². The average molecular weight is 427 g/mol. The van der Waals surface area contributed by atoms with Crippen molar-refractivity contribution in [3.05, 3.63) is 77.9 Å². The molecule has 2 aliphatic heterocycles. The number of hydrogen-bond donors (Lipinski definition) is 0. The molecule has 7 nitrogen and oxygen atoms in total. The van der Waals surface area contributed by atoms with E-state index in [-0.39, 0.29) is 49.4 Å². The molecule has 0 bridgehead atoms. The number of carbonyl (C=O) groups is 4. The van der Waals surface area contributed by atoms with Crippen LogP contribution in [0.15, 0.2) is 66.7 Å². The lowest BCUT2D eigenvalue weighted by Gasteiger charge is -2.29. The summed E-state index contributed by atoms with van der Waals surface area (Å²) in [5.74, 6) is -1.29. The highest BCUT2D eigenvalue weighted by molar-refractivity contribution is 6.25. The summed E-state index contributed by atoms with van der Waals surface area (Å²) < 4.78 is 0. The summed E-state index contributed by atoms with van der Waals surface area (Å²) in [4.78, 5) is 52.4. The highest BCUT2D eigenvalue weighted by Gasteiger charge is 2.35. The second kappa shape index (κ2) is 7.92. The van der Waals surface area contributed by atoms with Gasteiger partial charge in [-0.2, -0.15) is 5.01 Å². The van der Waals surface area contributed by atoms with Crippen molar-refractivity contribution >= 4 is 40.1 Å². The second-order valence-electron chi connectivity index (χ2n) is 7.88. The molecular formula is C25H21N3O4. The number of para-hydroxylation sites is 1. The van der Waals surface area contributed by atoms with Crippen LogP contribution < -0.4 is 5.01 Å². The van der Waals surface area contributed by atoms with E-state index >= 15 is 0 Å². The number of nitrogens with zero attached hydrogens (tertiary/aromatic N) is 3. The third-order valence-electron chi connectivity index (χ3n) is 5.93. The van der Waals surface area contributed by atoms with Crippen LogP contribution >= 0.6 is 0 Å². The second-order valence-corrected chi connectivity index (χ2v) is 7.88. The standard InChI is InChI=1S/C25H21N3O4/c29-21(28-22(30)14-16-27(28)18-9-2-1-3-10-18)13-6-15-26-24(31)19-11-4-7-17-8-5-12-20(23(17)19)25(26)32/h1-5,7-12H,6,13-16H2. The Bertz CT molecular complexity index is 1200. The number of carbonyl (C=O) groups excluding carboxylic acids is 4. The highest BCUT2D eigenvalue weighted by atomic mass is 16.2. The molecule has 5 rings (SSSR count). The molecule has 0 spiro atoms. The van der Waals surface area contributed by atoms with Crippen molar-refractivity contribution in [2.75, 3.05) is 18.1 Å². The van der Waals surface area contributed by atoms with Crippen LogP contribution in [0, 0.1) is 0 Å². The van der Waals surface area contributed by atoms with E-state index in [1.54, 1.807) is 29.3 Å². The van der Waals surface area contributed by atoms with Gasteiger partial charge in [0.05, 0.1) is 5.69 Å². The normalized spacial score (nSPS) is 15.8. The van der Waals surface area contributed by atoms with Crippen molar-refractivity contribution in [3.8, 4) is 0 Å². The number of anilines is 1. The van der Waals surface area contributed by atoms with E-state index in [0.29, 0.717) is 23.1 Å². The quantitative estimate of drug-likeness (QED) is 0.584. The van der Waals surface area contributed by atoms with Crippen molar-refractivity contribution in [2.45, 2.75) is 19.3 Å². The van der Waals surface area contributed by atoms with Crippen molar-refractivity contribution in [3.63, 3.8) is 0 Å². The number of benzene rings is 3. The van der Waals surface area contributed by atoms with Gasteiger partial charge in [-0.3, -0.25) is 29.1 Å². The molecule has 3 aromatic rings. The van der Waals surface area contributed by atoms with Gasteiger partial charge in [0.1, 0.15) is 0 Å². The van der Waals surface area contributed by atoms with Gasteiger partial charge in [-0.05, 0) is 36.1 Å². The Morgan fingerprint density at radius 2 is 1.47 bits per heavy atom. The van der Waals surface area contributed by atoms with Gasteiger partial charge in [-0.25, -0.2) is 0 Å². The summed E-state index contributed by atoms with van der Waals surface area (Å²) in [6.45, 7) is 0.556. The summed E-state index contributed by atoms with van der Waals surface area (Å²) in [6.07, 6.45) is 0.601. The smallest absolute Gasteiger partial charge is 0.261 e. The van der Waals surface area contributed by atoms with Crippen LogP contribution in [0.25, 0.3) is 10.8 Å². The first-order chi connectivity index (χ1) is 15.6. The summed E-state index contributed by atoms with van der Waals surface area (Å²) >= 11 is 0. The van der Waals surface area contributed by atoms with Gasteiger partial charge < -0.3 is 0 Å². The van der Waals surface area contributed by atoms with E-state index < -0.39 is 0 Å². The van der Waals surface area contributed by atoms with Gasteiger partial charge in [-0.1, -0.05) is 42.5 Å². The molecule has 1 fully saturated rings. The van der Waals surface area contributed by atoms with E-state index in [1.165, 1.54) is 9.91 Å². The lowest BCUT2D eigenvalue weighted by molar-refractivity contribution is -0.142. The molecule has 0 saturated carbocycles. The zero-order valence-corrected chi connectivity index (χ0v) is 17.4. The van der Waals surface area contributed by atoms with E-state index in [0.717, 1.165) is 11.1 Å². The Morgan fingerprint density at radius 3 is 2.12 bits per heavy atom. The summed E-state index contributed by atoms with van der Waals surface area (Å²) in [6, 6.07) is 20.1.